The van der Waals surface area contributed by atoms with Crippen LogP contribution >= 0.6 is 0 Å². The minimum atomic E-state index is -4.50. The number of dihydropyridines is 1. The molecule has 0 spiro atoms. The van der Waals surface area contributed by atoms with E-state index >= 15 is 0 Å². The third-order valence-corrected chi connectivity index (χ3v) is 2.82. The summed E-state index contributed by atoms with van der Waals surface area (Å²) in [6.45, 7) is -0.253. The van der Waals surface area contributed by atoms with Gasteiger partial charge in [-0.15, -0.1) is 0 Å². The highest BCUT2D eigenvalue weighted by molar-refractivity contribution is 7.86. The second-order valence-electron chi connectivity index (χ2n) is 3.36. The number of aliphatic carboxylic acids is 2. The Labute approximate surface area is 96.0 Å². The normalized spacial score (nSPS) is 20.4. The van der Waals surface area contributed by atoms with Gasteiger partial charge in [-0.1, -0.05) is 0 Å². The number of carbonyl (C=O) groups is 2. The van der Waals surface area contributed by atoms with Crippen molar-refractivity contribution in [2.75, 3.05) is 12.3 Å². The Morgan fingerprint density at radius 3 is 2.41 bits per heavy atom. The third kappa shape index (κ3) is 3.36. The van der Waals surface area contributed by atoms with Gasteiger partial charge in [-0.05, 0) is 5.57 Å². The summed E-state index contributed by atoms with van der Waals surface area (Å²) in [5.74, 6) is -5.26. The van der Waals surface area contributed by atoms with E-state index in [1.807, 2.05) is 0 Å². The van der Waals surface area contributed by atoms with Gasteiger partial charge in [0.25, 0.3) is 10.1 Å². The minimum absolute atomic E-state index is 0.253. The lowest BCUT2D eigenvalue weighted by molar-refractivity contribution is -0.140. The first-order valence-electron chi connectivity index (χ1n) is 4.36. The molecule has 94 valence electrons. The van der Waals surface area contributed by atoms with Crippen LogP contribution in [0.15, 0.2) is 16.1 Å². The molecule has 0 aliphatic carbocycles. The van der Waals surface area contributed by atoms with Crippen LogP contribution in [0.25, 0.3) is 0 Å². The van der Waals surface area contributed by atoms with Gasteiger partial charge < -0.3 is 10.2 Å². The standard InChI is InChI=1S/C8H9NO7S/c10-7(11)4-1-9-2-5(8(12)13)6(4)3-17(14,15)16/h1,5H,2-3H2,(H,10,11)(H,12,13)(H,14,15,16). The summed E-state index contributed by atoms with van der Waals surface area (Å²) in [5.41, 5.74) is -0.885. The first kappa shape index (κ1) is 13.3. The summed E-state index contributed by atoms with van der Waals surface area (Å²) in [6, 6.07) is 0. The zero-order valence-corrected chi connectivity index (χ0v) is 9.22. The number of carboxylic acid groups (broad SMARTS) is 2. The number of rotatable bonds is 4. The predicted molar refractivity (Wildman–Crippen MR) is 55.6 cm³/mol. The van der Waals surface area contributed by atoms with E-state index in [0.717, 1.165) is 6.21 Å². The average Bonchev–Trinajstić information content (AvgIpc) is 2.14. The number of nitrogens with zero attached hydrogens (tertiary/aromatic N) is 1. The van der Waals surface area contributed by atoms with E-state index in [0.29, 0.717) is 0 Å². The molecule has 1 aliphatic heterocycles. The highest BCUT2D eigenvalue weighted by atomic mass is 32.2. The number of hydrogen-bond acceptors (Lipinski definition) is 5. The van der Waals surface area contributed by atoms with Crippen LogP contribution in [0.5, 0.6) is 0 Å². The molecule has 1 heterocycles. The van der Waals surface area contributed by atoms with Crippen molar-refractivity contribution in [3.8, 4) is 0 Å². The smallest absolute Gasteiger partial charge is 0.337 e. The molecule has 17 heavy (non-hydrogen) atoms. The molecule has 0 saturated carbocycles. The monoisotopic (exact) mass is 263 g/mol. The Kier molecular flexibility index (Phi) is 3.63. The molecule has 1 rings (SSSR count). The average molecular weight is 263 g/mol. The molecule has 8 nitrogen and oxygen atoms in total. The van der Waals surface area contributed by atoms with E-state index in [1.165, 1.54) is 0 Å². The van der Waals surface area contributed by atoms with Crippen molar-refractivity contribution in [3.05, 3.63) is 11.1 Å². The molecular formula is C8H9NO7S. The van der Waals surface area contributed by atoms with Crippen LogP contribution in [0.3, 0.4) is 0 Å². The molecule has 9 heteroatoms. The molecule has 0 bridgehead atoms. The van der Waals surface area contributed by atoms with Gasteiger partial charge in [0.15, 0.2) is 0 Å². The molecule has 1 unspecified atom stereocenters. The van der Waals surface area contributed by atoms with Crippen LogP contribution in [0.4, 0.5) is 0 Å². The molecule has 1 atom stereocenters. The van der Waals surface area contributed by atoms with Gasteiger partial charge in [0, 0.05) is 6.21 Å². The summed E-state index contributed by atoms with van der Waals surface area (Å²) < 4.78 is 30.1. The summed E-state index contributed by atoms with van der Waals surface area (Å²) in [6.07, 6.45) is 0.891. The number of aliphatic imine (C=N–C) groups is 1. The largest absolute Gasteiger partial charge is 0.481 e. The van der Waals surface area contributed by atoms with Gasteiger partial charge in [0.2, 0.25) is 0 Å². The molecule has 0 aromatic carbocycles. The van der Waals surface area contributed by atoms with Crippen molar-refractivity contribution in [3.63, 3.8) is 0 Å². The van der Waals surface area contributed by atoms with Crippen LogP contribution < -0.4 is 0 Å². The lowest BCUT2D eigenvalue weighted by Gasteiger charge is -2.18. The molecule has 1 aliphatic rings. The third-order valence-electron chi connectivity index (χ3n) is 2.14. The highest BCUT2D eigenvalue weighted by Crippen LogP contribution is 2.21. The van der Waals surface area contributed by atoms with E-state index in [4.69, 9.17) is 14.8 Å². The number of carboxylic acids is 2. The second-order valence-corrected chi connectivity index (χ2v) is 4.81. The van der Waals surface area contributed by atoms with E-state index in [1.54, 1.807) is 0 Å². The van der Waals surface area contributed by atoms with Gasteiger partial charge in [-0.3, -0.25) is 14.3 Å². The Balaban J connectivity index is 3.29. The molecular weight excluding hydrogens is 254 g/mol. The molecule has 0 fully saturated rings. The van der Waals surface area contributed by atoms with Gasteiger partial charge in [0.1, 0.15) is 0 Å². The summed E-state index contributed by atoms with van der Waals surface area (Å²) >= 11 is 0. The summed E-state index contributed by atoms with van der Waals surface area (Å²) in [7, 11) is -4.50. The van der Waals surface area contributed by atoms with Crippen molar-refractivity contribution in [1.29, 1.82) is 0 Å². The molecule has 0 saturated heterocycles. The van der Waals surface area contributed by atoms with Crippen molar-refractivity contribution < 1.29 is 32.8 Å². The number of hydrogen-bond donors (Lipinski definition) is 3. The van der Waals surface area contributed by atoms with E-state index in [9.17, 15) is 18.0 Å². The summed E-state index contributed by atoms with van der Waals surface area (Å²) in [5, 5.41) is 17.6. The first-order chi connectivity index (χ1) is 7.72. The van der Waals surface area contributed by atoms with Crippen LogP contribution in [-0.4, -0.2) is 53.6 Å². The van der Waals surface area contributed by atoms with Gasteiger partial charge in [-0.2, -0.15) is 8.42 Å². The topological polar surface area (TPSA) is 141 Å². The molecule has 0 aromatic rings. The molecule has 0 amide bonds. The fraction of sp³-hybridized carbons (Fsp3) is 0.375. The van der Waals surface area contributed by atoms with Gasteiger partial charge >= 0.3 is 11.9 Å². The Hall–Kier alpha value is -1.74. The maximum atomic E-state index is 10.8. The van der Waals surface area contributed by atoms with Crippen LogP contribution in [0.2, 0.25) is 0 Å². The lowest BCUT2D eigenvalue weighted by atomic mass is 9.93. The fourth-order valence-electron chi connectivity index (χ4n) is 1.42. The SMILES string of the molecule is O=C(O)C1=C(CS(=O)(=O)O)C(C(=O)O)CN=C1. The van der Waals surface area contributed by atoms with Crippen molar-refractivity contribution in [2.45, 2.75) is 0 Å². The Morgan fingerprint density at radius 2 is 2.00 bits per heavy atom. The Morgan fingerprint density at radius 1 is 1.41 bits per heavy atom. The molecule has 3 N–H and O–H groups in total. The van der Waals surface area contributed by atoms with Crippen LogP contribution in [-0.2, 0) is 19.7 Å². The van der Waals surface area contributed by atoms with Crippen LogP contribution in [0.1, 0.15) is 0 Å². The molecule has 0 aromatic heterocycles. The van der Waals surface area contributed by atoms with Crippen molar-refractivity contribution in [1.82, 2.24) is 0 Å². The van der Waals surface area contributed by atoms with Gasteiger partial charge in [-0.25, -0.2) is 4.79 Å². The van der Waals surface area contributed by atoms with Crippen molar-refractivity contribution in [2.24, 2.45) is 10.9 Å². The van der Waals surface area contributed by atoms with E-state index < -0.39 is 39.3 Å². The highest BCUT2D eigenvalue weighted by Gasteiger charge is 2.32. The van der Waals surface area contributed by atoms with Crippen molar-refractivity contribution >= 4 is 28.3 Å². The van der Waals surface area contributed by atoms with E-state index in [2.05, 4.69) is 4.99 Å². The second kappa shape index (κ2) is 4.63. The minimum Gasteiger partial charge on any atom is -0.481 e. The lowest BCUT2D eigenvalue weighted by Crippen LogP contribution is -2.30. The summed E-state index contributed by atoms with van der Waals surface area (Å²) in [4.78, 5) is 25.2. The first-order valence-corrected chi connectivity index (χ1v) is 5.97. The maximum absolute atomic E-state index is 10.8. The molecule has 0 radical (unpaired) electrons. The maximum Gasteiger partial charge on any atom is 0.337 e. The van der Waals surface area contributed by atoms with Crippen LogP contribution in [0, 0.1) is 5.92 Å². The zero-order chi connectivity index (χ0) is 13.2. The van der Waals surface area contributed by atoms with E-state index in [-0.39, 0.29) is 12.1 Å². The Bertz CT molecular complexity index is 516. The van der Waals surface area contributed by atoms with Gasteiger partial charge in [0.05, 0.1) is 23.8 Å². The predicted octanol–water partition coefficient (Wildman–Crippen LogP) is -0.959. The zero-order valence-electron chi connectivity index (χ0n) is 8.40. The fourth-order valence-corrected chi connectivity index (χ4v) is 2.17. The quantitative estimate of drug-likeness (QED) is 0.554.